The zero-order valence-electron chi connectivity index (χ0n) is 12.2. The summed E-state index contributed by atoms with van der Waals surface area (Å²) in [5.41, 5.74) is 8.22. The van der Waals surface area contributed by atoms with Crippen molar-refractivity contribution in [3.63, 3.8) is 0 Å². The Kier molecular flexibility index (Phi) is 3.80. The molecule has 1 aromatic rings. The fraction of sp³-hybridized carbons (Fsp3) is 0.692. The van der Waals surface area contributed by atoms with Gasteiger partial charge in [-0.05, 0) is 34.4 Å². The Hall–Kier alpha value is -1.56. The first-order valence-electron chi connectivity index (χ1n) is 6.63. The highest BCUT2D eigenvalue weighted by atomic mass is 16.2. The lowest BCUT2D eigenvalue weighted by Gasteiger charge is -2.20. The van der Waals surface area contributed by atoms with Crippen molar-refractivity contribution in [3.05, 3.63) is 11.4 Å². The van der Waals surface area contributed by atoms with Gasteiger partial charge >= 0.3 is 0 Å². The zero-order valence-corrected chi connectivity index (χ0v) is 12.2. The van der Waals surface area contributed by atoms with Gasteiger partial charge in [-0.3, -0.25) is 9.48 Å². The second-order valence-corrected chi connectivity index (χ2v) is 5.49. The van der Waals surface area contributed by atoms with Crippen LogP contribution in [-0.4, -0.2) is 58.7 Å². The Morgan fingerprint density at radius 3 is 2.63 bits per heavy atom. The first-order chi connectivity index (χ1) is 8.90. The largest absolute Gasteiger partial charge is 0.396 e. The van der Waals surface area contributed by atoms with Crippen LogP contribution in [0.4, 0.5) is 5.69 Å². The number of aryl methyl sites for hydroxylation is 1. The SMILES string of the molecule is Cc1nn(CC(=O)N2CCC(N(C)C)C2)c(C)c1N. The molecular formula is C13H23N5O. The van der Waals surface area contributed by atoms with Gasteiger partial charge in [-0.1, -0.05) is 0 Å². The Balaban J connectivity index is 2.00. The van der Waals surface area contributed by atoms with Crippen molar-refractivity contribution in [1.29, 1.82) is 0 Å². The molecule has 2 N–H and O–H groups in total. The molecule has 1 saturated heterocycles. The molecular weight excluding hydrogens is 242 g/mol. The van der Waals surface area contributed by atoms with Gasteiger partial charge in [0, 0.05) is 19.1 Å². The van der Waals surface area contributed by atoms with Crippen LogP contribution in [0.15, 0.2) is 0 Å². The van der Waals surface area contributed by atoms with E-state index in [0.29, 0.717) is 11.7 Å². The molecule has 1 unspecified atom stereocenters. The van der Waals surface area contributed by atoms with E-state index in [9.17, 15) is 4.79 Å². The van der Waals surface area contributed by atoms with Gasteiger partial charge in [0.15, 0.2) is 0 Å². The van der Waals surface area contributed by atoms with Crippen molar-refractivity contribution in [1.82, 2.24) is 19.6 Å². The summed E-state index contributed by atoms with van der Waals surface area (Å²) in [5, 5.41) is 4.31. The molecule has 1 aliphatic heterocycles. The van der Waals surface area contributed by atoms with Crippen LogP contribution in [0.5, 0.6) is 0 Å². The summed E-state index contributed by atoms with van der Waals surface area (Å²) < 4.78 is 1.70. The molecule has 1 aromatic heterocycles. The van der Waals surface area contributed by atoms with Crippen LogP contribution in [0.1, 0.15) is 17.8 Å². The van der Waals surface area contributed by atoms with Crippen LogP contribution in [0.3, 0.4) is 0 Å². The van der Waals surface area contributed by atoms with Gasteiger partial charge in [-0.25, -0.2) is 0 Å². The summed E-state index contributed by atoms with van der Waals surface area (Å²) in [6.07, 6.45) is 1.04. The van der Waals surface area contributed by atoms with E-state index < -0.39 is 0 Å². The summed E-state index contributed by atoms with van der Waals surface area (Å²) >= 11 is 0. The number of amides is 1. The summed E-state index contributed by atoms with van der Waals surface area (Å²) in [5.74, 6) is 0.120. The van der Waals surface area contributed by atoms with Crippen molar-refractivity contribution < 1.29 is 4.79 Å². The maximum absolute atomic E-state index is 12.3. The second-order valence-electron chi connectivity index (χ2n) is 5.49. The van der Waals surface area contributed by atoms with Gasteiger partial charge in [-0.15, -0.1) is 0 Å². The lowest BCUT2D eigenvalue weighted by atomic mass is 10.2. The smallest absolute Gasteiger partial charge is 0.244 e. The molecule has 0 bridgehead atoms. The Bertz CT molecular complexity index is 480. The number of nitrogen functional groups attached to an aromatic ring is 1. The average Bonchev–Trinajstić information content (AvgIpc) is 2.92. The summed E-state index contributed by atoms with van der Waals surface area (Å²) in [4.78, 5) is 16.4. The fourth-order valence-electron chi connectivity index (χ4n) is 2.48. The highest BCUT2D eigenvalue weighted by Gasteiger charge is 2.27. The van der Waals surface area contributed by atoms with Crippen LogP contribution >= 0.6 is 0 Å². The summed E-state index contributed by atoms with van der Waals surface area (Å²) in [6.45, 7) is 5.68. The monoisotopic (exact) mass is 265 g/mol. The summed E-state index contributed by atoms with van der Waals surface area (Å²) in [7, 11) is 4.11. The molecule has 1 fully saturated rings. The Morgan fingerprint density at radius 1 is 1.47 bits per heavy atom. The molecule has 1 atom stereocenters. The van der Waals surface area contributed by atoms with Gasteiger partial charge in [0.2, 0.25) is 5.91 Å². The molecule has 2 rings (SSSR count). The standard InChI is InChI=1S/C13H23N5O/c1-9-13(14)10(2)18(15-9)8-12(19)17-6-5-11(7-17)16(3)4/h11H,5-8,14H2,1-4H3. The van der Waals surface area contributed by atoms with Crippen molar-refractivity contribution >= 4 is 11.6 Å². The number of rotatable bonds is 3. The van der Waals surface area contributed by atoms with E-state index in [1.165, 1.54) is 0 Å². The van der Waals surface area contributed by atoms with E-state index >= 15 is 0 Å². The number of hydrogen-bond acceptors (Lipinski definition) is 4. The minimum Gasteiger partial charge on any atom is -0.396 e. The summed E-state index contributed by atoms with van der Waals surface area (Å²) in [6, 6.07) is 0.467. The number of carbonyl (C=O) groups excluding carboxylic acids is 1. The van der Waals surface area contributed by atoms with Crippen molar-refractivity contribution in [2.45, 2.75) is 32.9 Å². The Morgan fingerprint density at radius 2 is 2.16 bits per heavy atom. The molecule has 1 amide bonds. The molecule has 0 saturated carbocycles. The molecule has 6 heteroatoms. The maximum Gasteiger partial charge on any atom is 0.244 e. The molecule has 6 nitrogen and oxygen atoms in total. The van der Waals surface area contributed by atoms with E-state index in [1.54, 1.807) is 4.68 Å². The molecule has 0 aromatic carbocycles. The minimum atomic E-state index is 0.120. The van der Waals surface area contributed by atoms with Crippen molar-refractivity contribution in [2.24, 2.45) is 0 Å². The number of anilines is 1. The third kappa shape index (κ3) is 2.73. The van der Waals surface area contributed by atoms with Crippen molar-refractivity contribution in [3.8, 4) is 0 Å². The minimum absolute atomic E-state index is 0.120. The molecule has 106 valence electrons. The van der Waals surface area contributed by atoms with Gasteiger partial charge in [-0.2, -0.15) is 5.10 Å². The van der Waals surface area contributed by atoms with Gasteiger partial charge in [0.05, 0.1) is 17.1 Å². The molecule has 19 heavy (non-hydrogen) atoms. The highest BCUT2D eigenvalue weighted by molar-refractivity contribution is 5.76. The lowest BCUT2D eigenvalue weighted by molar-refractivity contribution is -0.131. The number of hydrogen-bond donors (Lipinski definition) is 1. The molecule has 0 aliphatic carbocycles. The molecule has 0 spiro atoms. The quantitative estimate of drug-likeness (QED) is 0.850. The average molecular weight is 265 g/mol. The topological polar surface area (TPSA) is 67.4 Å². The Labute approximate surface area is 114 Å². The van der Waals surface area contributed by atoms with Gasteiger partial charge in [0.1, 0.15) is 6.54 Å². The number of nitrogens with two attached hydrogens (primary N) is 1. The van der Waals surface area contributed by atoms with Crippen LogP contribution in [0.25, 0.3) is 0 Å². The lowest BCUT2D eigenvalue weighted by Crippen LogP contribution is -2.36. The predicted molar refractivity (Wildman–Crippen MR) is 74.8 cm³/mol. The number of carbonyl (C=O) groups is 1. The second kappa shape index (κ2) is 5.21. The van der Waals surface area contributed by atoms with Crippen molar-refractivity contribution in [2.75, 3.05) is 32.9 Å². The third-order valence-corrected chi connectivity index (χ3v) is 3.97. The fourth-order valence-corrected chi connectivity index (χ4v) is 2.48. The van der Waals surface area contributed by atoms with Crippen LogP contribution in [0.2, 0.25) is 0 Å². The number of nitrogens with zero attached hydrogens (tertiary/aromatic N) is 4. The molecule has 0 radical (unpaired) electrons. The zero-order chi connectivity index (χ0) is 14.2. The first-order valence-corrected chi connectivity index (χ1v) is 6.63. The van der Waals surface area contributed by atoms with E-state index in [2.05, 4.69) is 24.1 Å². The molecule has 1 aliphatic rings. The predicted octanol–water partition coefficient (Wildman–Crippen LogP) is 0.245. The number of likely N-dealkylation sites (tertiary alicyclic amines) is 1. The van der Waals surface area contributed by atoms with E-state index in [4.69, 9.17) is 5.73 Å². The van der Waals surface area contributed by atoms with Crippen LogP contribution in [0, 0.1) is 13.8 Å². The van der Waals surface area contributed by atoms with Gasteiger partial charge < -0.3 is 15.5 Å². The van der Waals surface area contributed by atoms with Gasteiger partial charge in [0.25, 0.3) is 0 Å². The number of aromatic nitrogens is 2. The first kappa shape index (κ1) is 13.9. The third-order valence-electron chi connectivity index (χ3n) is 3.97. The van der Waals surface area contributed by atoms with E-state index in [1.807, 2.05) is 18.7 Å². The van der Waals surface area contributed by atoms with E-state index in [0.717, 1.165) is 30.9 Å². The van der Waals surface area contributed by atoms with Crippen LogP contribution < -0.4 is 5.73 Å². The van der Waals surface area contributed by atoms with Crippen LogP contribution in [-0.2, 0) is 11.3 Å². The molecule has 2 heterocycles. The highest BCUT2D eigenvalue weighted by Crippen LogP contribution is 2.17. The maximum atomic E-state index is 12.3. The normalized spacial score (nSPS) is 19.4. The van der Waals surface area contributed by atoms with E-state index in [-0.39, 0.29) is 12.5 Å². The number of likely N-dealkylation sites (N-methyl/N-ethyl adjacent to an activating group) is 1.